The summed E-state index contributed by atoms with van der Waals surface area (Å²) in [6, 6.07) is 1.55. The van der Waals surface area contributed by atoms with Gasteiger partial charge in [0.2, 0.25) is 0 Å². The highest BCUT2D eigenvalue weighted by Crippen LogP contribution is 2.01. The van der Waals surface area contributed by atoms with Gasteiger partial charge in [-0.1, -0.05) is 13.8 Å². The second-order valence-electron chi connectivity index (χ2n) is 4.03. The summed E-state index contributed by atoms with van der Waals surface area (Å²) in [5.74, 6) is 3.01. The normalized spacial score (nSPS) is 10.1. The van der Waals surface area contributed by atoms with Gasteiger partial charge in [-0.2, -0.15) is 5.10 Å². The van der Waals surface area contributed by atoms with E-state index in [0.717, 1.165) is 12.2 Å². The molecule has 0 aromatic carbocycles. The number of aromatic nitrogens is 2. The molecule has 0 fully saturated rings. The van der Waals surface area contributed by atoms with Gasteiger partial charge in [-0.3, -0.25) is 4.79 Å². The van der Waals surface area contributed by atoms with Crippen LogP contribution in [-0.2, 0) is 6.54 Å². The summed E-state index contributed by atoms with van der Waals surface area (Å²) >= 11 is 0. The fourth-order valence-electron chi connectivity index (χ4n) is 1.19. The summed E-state index contributed by atoms with van der Waals surface area (Å²) in [7, 11) is 0. The van der Waals surface area contributed by atoms with Gasteiger partial charge in [-0.05, 0) is 5.92 Å². The SMILES string of the molecule is C#CCCn1ncc(NCC(C)C)cc1=O. The molecule has 0 amide bonds. The third-order valence-corrected chi connectivity index (χ3v) is 2.05. The number of aryl methyl sites for hydroxylation is 1. The maximum absolute atomic E-state index is 11.6. The van der Waals surface area contributed by atoms with E-state index >= 15 is 0 Å². The lowest BCUT2D eigenvalue weighted by atomic mass is 10.2. The van der Waals surface area contributed by atoms with Crippen molar-refractivity contribution in [3.8, 4) is 12.3 Å². The molecule has 4 heteroatoms. The van der Waals surface area contributed by atoms with E-state index in [1.165, 1.54) is 4.68 Å². The summed E-state index contributed by atoms with van der Waals surface area (Å²) < 4.78 is 1.38. The first-order valence-corrected chi connectivity index (χ1v) is 5.38. The first-order valence-electron chi connectivity index (χ1n) is 5.38. The lowest BCUT2D eigenvalue weighted by molar-refractivity contribution is 0.590. The molecule has 0 radical (unpaired) electrons. The molecule has 0 aliphatic heterocycles. The highest BCUT2D eigenvalue weighted by Gasteiger charge is 2.00. The van der Waals surface area contributed by atoms with Gasteiger partial charge in [-0.15, -0.1) is 12.3 Å². The Bertz CT molecular complexity index is 429. The summed E-state index contributed by atoms with van der Waals surface area (Å²) in [6.45, 7) is 5.51. The van der Waals surface area contributed by atoms with Crippen LogP contribution in [0.25, 0.3) is 0 Å². The number of nitrogens with one attached hydrogen (secondary N) is 1. The van der Waals surface area contributed by atoms with Gasteiger partial charge >= 0.3 is 0 Å². The standard InChI is InChI=1S/C12H17N3O/c1-4-5-6-15-12(16)7-11(9-14-15)13-8-10(2)3/h1,7,9-10,13H,5-6,8H2,2-3H3. The predicted molar refractivity (Wildman–Crippen MR) is 65.3 cm³/mol. The second kappa shape index (κ2) is 5.96. The van der Waals surface area contributed by atoms with Crippen LogP contribution in [0.2, 0.25) is 0 Å². The third kappa shape index (κ3) is 3.77. The van der Waals surface area contributed by atoms with Crippen molar-refractivity contribution in [1.29, 1.82) is 0 Å². The van der Waals surface area contributed by atoms with Crippen LogP contribution in [0, 0.1) is 18.3 Å². The summed E-state index contributed by atoms with van der Waals surface area (Å²) in [5, 5.41) is 7.19. The first-order chi connectivity index (χ1) is 7.63. The molecule has 4 nitrogen and oxygen atoms in total. The number of hydrogen-bond donors (Lipinski definition) is 1. The number of terminal acetylenes is 1. The maximum atomic E-state index is 11.6. The molecular formula is C12H17N3O. The molecule has 1 N–H and O–H groups in total. The molecule has 0 saturated carbocycles. The summed E-state index contributed by atoms with van der Waals surface area (Å²) in [4.78, 5) is 11.6. The average molecular weight is 219 g/mol. The fraction of sp³-hybridized carbons (Fsp3) is 0.500. The Kier molecular flexibility index (Phi) is 4.59. The molecule has 0 aliphatic rings. The number of anilines is 1. The van der Waals surface area contributed by atoms with Gasteiger partial charge < -0.3 is 5.32 Å². The minimum absolute atomic E-state index is 0.121. The van der Waals surface area contributed by atoms with E-state index in [1.807, 2.05) is 0 Å². The van der Waals surface area contributed by atoms with Gasteiger partial charge in [0.15, 0.2) is 0 Å². The molecule has 1 heterocycles. The number of nitrogens with zero attached hydrogens (tertiary/aromatic N) is 2. The monoisotopic (exact) mass is 219 g/mol. The Morgan fingerprint density at radius 1 is 1.62 bits per heavy atom. The Hall–Kier alpha value is -1.76. The van der Waals surface area contributed by atoms with Crippen molar-refractivity contribution in [2.45, 2.75) is 26.8 Å². The van der Waals surface area contributed by atoms with Crippen molar-refractivity contribution < 1.29 is 0 Å². The lowest BCUT2D eigenvalue weighted by Crippen LogP contribution is -2.23. The van der Waals surface area contributed by atoms with Crippen molar-refractivity contribution in [3.05, 3.63) is 22.6 Å². The Morgan fingerprint density at radius 3 is 2.94 bits per heavy atom. The van der Waals surface area contributed by atoms with Crippen molar-refractivity contribution in [3.63, 3.8) is 0 Å². The molecular weight excluding hydrogens is 202 g/mol. The Balaban J connectivity index is 2.68. The van der Waals surface area contributed by atoms with E-state index < -0.39 is 0 Å². The Labute approximate surface area is 95.7 Å². The van der Waals surface area contributed by atoms with Crippen LogP contribution in [0.5, 0.6) is 0 Å². The van der Waals surface area contributed by atoms with Crippen LogP contribution in [0.15, 0.2) is 17.1 Å². The minimum Gasteiger partial charge on any atom is -0.383 e. The summed E-state index contributed by atoms with van der Waals surface area (Å²) in [5.41, 5.74) is 0.639. The van der Waals surface area contributed by atoms with E-state index in [4.69, 9.17) is 6.42 Å². The first kappa shape index (κ1) is 12.3. The van der Waals surface area contributed by atoms with E-state index in [9.17, 15) is 4.79 Å². The quantitative estimate of drug-likeness (QED) is 0.760. The molecule has 0 unspecified atom stereocenters. The molecule has 1 rings (SSSR count). The molecule has 0 atom stereocenters. The zero-order chi connectivity index (χ0) is 12.0. The van der Waals surface area contributed by atoms with Gasteiger partial charge in [-0.25, -0.2) is 4.68 Å². The van der Waals surface area contributed by atoms with Gasteiger partial charge in [0.25, 0.3) is 5.56 Å². The van der Waals surface area contributed by atoms with Crippen LogP contribution in [0.3, 0.4) is 0 Å². The van der Waals surface area contributed by atoms with E-state index in [0.29, 0.717) is 18.9 Å². The average Bonchev–Trinajstić information content (AvgIpc) is 2.25. The highest BCUT2D eigenvalue weighted by atomic mass is 16.1. The van der Waals surface area contributed by atoms with E-state index in [-0.39, 0.29) is 5.56 Å². The van der Waals surface area contributed by atoms with Crippen molar-refractivity contribution >= 4 is 5.69 Å². The third-order valence-electron chi connectivity index (χ3n) is 2.05. The maximum Gasteiger partial charge on any atom is 0.268 e. The zero-order valence-corrected chi connectivity index (χ0v) is 9.73. The predicted octanol–water partition coefficient (Wildman–Crippen LogP) is 1.33. The van der Waals surface area contributed by atoms with Crippen molar-refractivity contribution in [1.82, 2.24) is 9.78 Å². The fourth-order valence-corrected chi connectivity index (χ4v) is 1.19. The molecule has 0 saturated heterocycles. The molecule has 86 valence electrons. The van der Waals surface area contributed by atoms with Gasteiger partial charge in [0.1, 0.15) is 0 Å². The number of rotatable bonds is 5. The van der Waals surface area contributed by atoms with Crippen LogP contribution >= 0.6 is 0 Å². The smallest absolute Gasteiger partial charge is 0.268 e. The molecule has 0 bridgehead atoms. The molecule has 0 spiro atoms. The van der Waals surface area contributed by atoms with Gasteiger partial charge in [0.05, 0.1) is 18.4 Å². The largest absolute Gasteiger partial charge is 0.383 e. The minimum atomic E-state index is -0.121. The lowest BCUT2D eigenvalue weighted by Gasteiger charge is -2.09. The van der Waals surface area contributed by atoms with Crippen LogP contribution < -0.4 is 10.9 Å². The van der Waals surface area contributed by atoms with E-state index in [2.05, 4.69) is 30.2 Å². The molecule has 16 heavy (non-hydrogen) atoms. The van der Waals surface area contributed by atoms with E-state index in [1.54, 1.807) is 12.3 Å². The number of hydrogen-bond acceptors (Lipinski definition) is 3. The summed E-state index contributed by atoms with van der Waals surface area (Å²) in [6.07, 6.45) is 7.30. The molecule has 1 aromatic rings. The highest BCUT2D eigenvalue weighted by molar-refractivity contribution is 5.38. The van der Waals surface area contributed by atoms with Crippen molar-refractivity contribution in [2.75, 3.05) is 11.9 Å². The molecule has 1 aromatic heterocycles. The van der Waals surface area contributed by atoms with Crippen LogP contribution in [0.4, 0.5) is 5.69 Å². The van der Waals surface area contributed by atoms with Crippen LogP contribution in [0.1, 0.15) is 20.3 Å². The Morgan fingerprint density at radius 2 is 2.38 bits per heavy atom. The van der Waals surface area contributed by atoms with Crippen LogP contribution in [-0.4, -0.2) is 16.3 Å². The molecule has 0 aliphatic carbocycles. The zero-order valence-electron chi connectivity index (χ0n) is 9.73. The van der Waals surface area contributed by atoms with Crippen molar-refractivity contribution in [2.24, 2.45) is 5.92 Å². The second-order valence-corrected chi connectivity index (χ2v) is 4.03. The van der Waals surface area contributed by atoms with Gasteiger partial charge in [0, 0.05) is 19.0 Å². The topological polar surface area (TPSA) is 46.9 Å².